The minimum Gasteiger partial charge on any atom is -0.384 e. The van der Waals surface area contributed by atoms with Crippen molar-refractivity contribution in [2.45, 2.75) is 32.7 Å². The minimum absolute atomic E-state index is 0.00244. The van der Waals surface area contributed by atoms with E-state index in [4.69, 9.17) is 5.73 Å². The lowest BCUT2D eigenvalue weighted by atomic mass is 9.95. The maximum atomic E-state index is 13.4. The number of carbonyl (C=O) groups excluding carboxylic acids is 1. The Morgan fingerprint density at radius 2 is 1.81 bits per heavy atom. The molecule has 37 heavy (non-hydrogen) atoms. The smallest absolute Gasteiger partial charge is 0.254 e. The molecule has 1 atom stereocenters. The summed E-state index contributed by atoms with van der Waals surface area (Å²) < 4.78 is 23.7. The molecule has 3 aromatic rings. The molecule has 1 aromatic carbocycles. The zero-order valence-corrected chi connectivity index (χ0v) is 22.0. The van der Waals surface area contributed by atoms with Gasteiger partial charge in [-0.05, 0) is 49.6 Å². The molecule has 5 rings (SSSR count). The van der Waals surface area contributed by atoms with Crippen molar-refractivity contribution in [2.24, 2.45) is 0 Å². The van der Waals surface area contributed by atoms with Gasteiger partial charge in [0.05, 0.1) is 22.9 Å². The number of piperazine rings is 1. The van der Waals surface area contributed by atoms with E-state index in [-0.39, 0.29) is 23.5 Å². The van der Waals surface area contributed by atoms with E-state index in [1.807, 2.05) is 36.1 Å². The van der Waals surface area contributed by atoms with Crippen molar-refractivity contribution >= 4 is 21.6 Å². The number of amides is 1. The number of rotatable bonds is 5. The van der Waals surface area contributed by atoms with Crippen molar-refractivity contribution in [1.82, 2.24) is 24.8 Å². The van der Waals surface area contributed by atoms with E-state index in [2.05, 4.69) is 26.8 Å². The number of nitrogens with zero attached hydrogens (tertiary/aromatic N) is 5. The van der Waals surface area contributed by atoms with E-state index in [1.54, 1.807) is 18.6 Å². The largest absolute Gasteiger partial charge is 0.384 e. The van der Waals surface area contributed by atoms with E-state index in [9.17, 15) is 13.2 Å². The first kappa shape index (κ1) is 25.3. The third kappa shape index (κ3) is 5.21. The van der Waals surface area contributed by atoms with Gasteiger partial charge in [-0.15, -0.1) is 0 Å². The van der Waals surface area contributed by atoms with E-state index in [0.29, 0.717) is 44.0 Å². The normalized spacial score (nSPS) is 19.7. The molecule has 0 aliphatic carbocycles. The molecule has 2 fully saturated rings. The van der Waals surface area contributed by atoms with E-state index in [0.717, 1.165) is 40.1 Å². The van der Waals surface area contributed by atoms with Crippen molar-refractivity contribution in [3.8, 4) is 22.4 Å². The Kier molecular flexibility index (Phi) is 6.96. The van der Waals surface area contributed by atoms with Crippen LogP contribution in [0, 0.1) is 6.92 Å². The fourth-order valence-electron chi connectivity index (χ4n) is 5.34. The van der Waals surface area contributed by atoms with Gasteiger partial charge in [-0.25, -0.2) is 23.4 Å². The summed E-state index contributed by atoms with van der Waals surface area (Å²) in [6.07, 6.45) is 4.74. The van der Waals surface area contributed by atoms with Crippen molar-refractivity contribution in [3.63, 3.8) is 0 Å². The Hall–Kier alpha value is -3.37. The molecule has 2 aromatic heterocycles. The zero-order valence-electron chi connectivity index (χ0n) is 21.2. The van der Waals surface area contributed by atoms with Gasteiger partial charge < -0.3 is 10.6 Å². The number of nitrogen functional groups attached to an aromatic ring is 1. The fraction of sp³-hybridized carbons (Fsp3) is 0.407. The number of aryl methyl sites for hydroxylation is 2. The van der Waals surface area contributed by atoms with Crippen molar-refractivity contribution < 1.29 is 13.2 Å². The first-order valence-corrected chi connectivity index (χ1v) is 14.5. The highest BCUT2D eigenvalue weighted by Crippen LogP contribution is 2.33. The average Bonchev–Trinajstić information content (AvgIpc) is 3.28. The molecule has 2 aliphatic rings. The summed E-state index contributed by atoms with van der Waals surface area (Å²) in [6.45, 7) is 6.58. The SMILES string of the molecule is CCc1ncnc(-c2ccc(C(=O)N3CCN(C4CCS(=O)(=O)C4)CC3)c(C)c2)c1-c1ccc(N)nc1. The van der Waals surface area contributed by atoms with Gasteiger partial charge in [0.1, 0.15) is 12.1 Å². The second kappa shape index (κ2) is 10.2. The fourth-order valence-corrected chi connectivity index (χ4v) is 7.10. The summed E-state index contributed by atoms with van der Waals surface area (Å²) >= 11 is 0. The number of carbonyl (C=O) groups is 1. The number of anilines is 1. The van der Waals surface area contributed by atoms with E-state index >= 15 is 0 Å². The first-order chi connectivity index (χ1) is 17.8. The molecular formula is C27H32N6O3S. The average molecular weight is 521 g/mol. The third-order valence-corrected chi connectivity index (χ3v) is 9.14. The Bertz CT molecular complexity index is 1420. The highest BCUT2D eigenvalue weighted by molar-refractivity contribution is 7.91. The molecule has 10 heteroatoms. The molecule has 0 radical (unpaired) electrons. The number of sulfone groups is 1. The third-order valence-electron chi connectivity index (χ3n) is 7.39. The van der Waals surface area contributed by atoms with E-state index in [1.165, 1.54) is 0 Å². The van der Waals surface area contributed by atoms with Crippen LogP contribution in [0.3, 0.4) is 0 Å². The lowest BCUT2D eigenvalue weighted by Crippen LogP contribution is -2.52. The van der Waals surface area contributed by atoms with Gasteiger partial charge in [-0.1, -0.05) is 13.0 Å². The standard InChI is InChI=1S/C27H32N6O3S/c1-3-23-25(20-5-7-24(28)29-15-20)26(31-17-30-23)19-4-6-22(18(2)14-19)27(34)33-11-9-32(10-12-33)21-8-13-37(35,36)16-21/h4-7,14-15,17,21H,3,8-13,16H2,1-2H3,(H2,28,29). The summed E-state index contributed by atoms with van der Waals surface area (Å²) in [5.41, 5.74) is 11.8. The van der Waals surface area contributed by atoms with Crippen LogP contribution in [0.2, 0.25) is 0 Å². The molecule has 9 nitrogen and oxygen atoms in total. The van der Waals surface area contributed by atoms with Gasteiger partial charge >= 0.3 is 0 Å². The maximum Gasteiger partial charge on any atom is 0.254 e. The molecule has 2 saturated heterocycles. The number of pyridine rings is 1. The second-order valence-electron chi connectivity index (χ2n) is 9.78. The summed E-state index contributed by atoms with van der Waals surface area (Å²) in [4.78, 5) is 30.8. The van der Waals surface area contributed by atoms with Crippen LogP contribution in [-0.4, -0.2) is 82.8 Å². The maximum absolute atomic E-state index is 13.4. The molecule has 1 amide bonds. The number of benzene rings is 1. The van der Waals surface area contributed by atoms with Crippen molar-refractivity contribution in [2.75, 3.05) is 43.4 Å². The molecule has 194 valence electrons. The van der Waals surface area contributed by atoms with Crippen LogP contribution in [0.15, 0.2) is 42.9 Å². The van der Waals surface area contributed by atoms with Gasteiger partial charge in [0.15, 0.2) is 9.84 Å². The van der Waals surface area contributed by atoms with E-state index < -0.39 is 9.84 Å². The monoisotopic (exact) mass is 520 g/mol. The lowest BCUT2D eigenvalue weighted by molar-refractivity contribution is 0.0587. The number of hydrogen-bond donors (Lipinski definition) is 1. The quantitative estimate of drug-likeness (QED) is 0.545. The van der Waals surface area contributed by atoms with Crippen LogP contribution < -0.4 is 5.73 Å². The highest BCUT2D eigenvalue weighted by Gasteiger charge is 2.34. The molecule has 4 heterocycles. The Labute approximate surface area is 217 Å². The summed E-state index contributed by atoms with van der Waals surface area (Å²) in [6, 6.07) is 9.59. The Morgan fingerprint density at radius 1 is 1.05 bits per heavy atom. The van der Waals surface area contributed by atoms with Gasteiger partial charge in [0, 0.05) is 60.7 Å². The van der Waals surface area contributed by atoms with Crippen LogP contribution in [0.5, 0.6) is 0 Å². The Morgan fingerprint density at radius 3 is 2.43 bits per heavy atom. The Balaban J connectivity index is 1.36. The van der Waals surface area contributed by atoms with Gasteiger partial charge in [0.2, 0.25) is 0 Å². The zero-order chi connectivity index (χ0) is 26.2. The van der Waals surface area contributed by atoms with Crippen molar-refractivity contribution in [1.29, 1.82) is 0 Å². The molecular weight excluding hydrogens is 488 g/mol. The molecule has 2 aliphatic heterocycles. The summed E-state index contributed by atoms with van der Waals surface area (Å²) in [5.74, 6) is 0.958. The molecule has 0 spiro atoms. The number of aromatic nitrogens is 3. The predicted octanol–water partition coefficient (Wildman–Crippen LogP) is 2.60. The molecule has 0 bridgehead atoms. The highest BCUT2D eigenvalue weighted by atomic mass is 32.2. The molecule has 1 unspecified atom stereocenters. The van der Waals surface area contributed by atoms with Gasteiger partial charge in [-0.3, -0.25) is 9.69 Å². The summed E-state index contributed by atoms with van der Waals surface area (Å²) in [7, 11) is -2.92. The topological polar surface area (TPSA) is 122 Å². The van der Waals surface area contributed by atoms with Crippen LogP contribution in [-0.2, 0) is 16.3 Å². The van der Waals surface area contributed by atoms with Crippen LogP contribution in [0.25, 0.3) is 22.4 Å². The number of hydrogen-bond acceptors (Lipinski definition) is 8. The van der Waals surface area contributed by atoms with Gasteiger partial charge in [-0.2, -0.15) is 0 Å². The summed E-state index contributed by atoms with van der Waals surface area (Å²) in [5, 5.41) is 0. The van der Waals surface area contributed by atoms with Crippen LogP contribution in [0.4, 0.5) is 5.82 Å². The number of nitrogens with two attached hydrogens (primary N) is 1. The molecule has 2 N–H and O–H groups in total. The molecule has 0 saturated carbocycles. The van der Waals surface area contributed by atoms with Crippen LogP contribution >= 0.6 is 0 Å². The van der Waals surface area contributed by atoms with Gasteiger partial charge in [0.25, 0.3) is 5.91 Å². The predicted molar refractivity (Wildman–Crippen MR) is 144 cm³/mol. The first-order valence-electron chi connectivity index (χ1n) is 12.7. The minimum atomic E-state index is -2.92. The lowest BCUT2D eigenvalue weighted by Gasteiger charge is -2.37. The second-order valence-corrected chi connectivity index (χ2v) is 12.0. The van der Waals surface area contributed by atoms with Crippen molar-refractivity contribution in [3.05, 3.63) is 59.7 Å². The van der Waals surface area contributed by atoms with Crippen LogP contribution in [0.1, 0.15) is 35.0 Å².